The number of H-pyrrole nitrogens is 1. The summed E-state index contributed by atoms with van der Waals surface area (Å²) >= 11 is 0. The van der Waals surface area contributed by atoms with Crippen molar-refractivity contribution in [2.75, 3.05) is 0 Å². The van der Waals surface area contributed by atoms with Gasteiger partial charge in [-0.05, 0) is 23.8 Å². The highest BCUT2D eigenvalue weighted by Crippen LogP contribution is 2.34. The minimum Gasteiger partial charge on any atom is -0.285 e. The van der Waals surface area contributed by atoms with Gasteiger partial charge < -0.3 is 0 Å². The van der Waals surface area contributed by atoms with Gasteiger partial charge in [-0.2, -0.15) is 5.10 Å². The molecule has 1 N–H and O–H groups in total. The van der Waals surface area contributed by atoms with Gasteiger partial charge in [0.1, 0.15) is 0 Å². The SMILES string of the molecule is CCCCCCCC(C)(CCCCCC)c1cn[nH]c1. The van der Waals surface area contributed by atoms with Crippen LogP contribution in [0.3, 0.4) is 0 Å². The van der Waals surface area contributed by atoms with Crippen molar-refractivity contribution in [1.82, 2.24) is 10.2 Å². The second-order valence-electron chi connectivity index (χ2n) is 6.52. The lowest BCUT2D eigenvalue weighted by molar-refractivity contribution is 0.363. The van der Waals surface area contributed by atoms with Crippen LogP contribution >= 0.6 is 0 Å². The summed E-state index contributed by atoms with van der Waals surface area (Å²) in [6, 6.07) is 0. The molecule has 20 heavy (non-hydrogen) atoms. The lowest BCUT2D eigenvalue weighted by Gasteiger charge is -2.29. The molecular formula is C18H34N2. The zero-order valence-corrected chi connectivity index (χ0v) is 13.9. The number of nitrogens with zero attached hydrogens (tertiary/aromatic N) is 1. The quantitative estimate of drug-likeness (QED) is 0.467. The molecule has 0 aliphatic heterocycles. The van der Waals surface area contributed by atoms with Crippen molar-refractivity contribution >= 4 is 0 Å². The van der Waals surface area contributed by atoms with E-state index >= 15 is 0 Å². The minimum atomic E-state index is 0.326. The molecule has 0 bridgehead atoms. The van der Waals surface area contributed by atoms with Crippen LogP contribution in [0.4, 0.5) is 0 Å². The monoisotopic (exact) mass is 278 g/mol. The maximum Gasteiger partial charge on any atom is 0.0524 e. The third-order valence-corrected chi connectivity index (χ3v) is 4.61. The Morgan fingerprint density at radius 2 is 1.45 bits per heavy atom. The fraction of sp³-hybridized carbons (Fsp3) is 0.833. The predicted octanol–water partition coefficient (Wildman–Crippen LogP) is 6.00. The van der Waals surface area contributed by atoms with Gasteiger partial charge in [0.2, 0.25) is 0 Å². The first kappa shape index (κ1) is 17.3. The van der Waals surface area contributed by atoms with Crippen LogP contribution in [0.1, 0.15) is 97.0 Å². The topological polar surface area (TPSA) is 28.7 Å². The Morgan fingerprint density at radius 3 is 1.95 bits per heavy atom. The summed E-state index contributed by atoms with van der Waals surface area (Å²) < 4.78 is 0. The molecule has 1 unspecified atom stereocenters. The van der Waals surface area contributed by atoms with Gasteiger partial charge in [0.15, 0.2) is 0 Å². The molecule has 1 rings (SSSR count). The first-order valence-electron chi connectivity index (χ1n) is 8.72. The number of unbranched alkanes of at least 4 members (excludes halogenated alkanes) is 7. The van der Waals surface area contributed by atoms with Crippen molar-refractivity contribution in [3.63, 3.8) is 0 Å². The van der Waals surface area contributed by atoms with E-state index in [2.05, 4.69) is 37.2 Å². The molecule has 1 atom stereocenters. The molecule has 2 nitrogen and oxygen atoms in total. The van der Waals surface area contributed by atoms with Crippen molar-refractivity contribution in [2.45, 2.75) is 96.8 Å². The van der Waals surface area contributed by atoms with Crippen molar-refractivity contribution in [2.24, 2.45) is 0 Å². The second kappa shape index (κ2) is 10.0. The van der Waals surface area contributed by atoms with E-state index in [-0.39, 0.29) is 0 Å². The molecule has 0 aromatic carbocycles. The van der Waals surface area contributed by atoms with E-state index in [0.29, 0.717) is 5.41 Å². The molecule has 1 aromatic rings. The summed E-state index contributed by atoms with van der Waals surface area (Å²) in [6.45, 7) is 7.00. The van der Waals surface area contributed by atoms with Crippen LogP contribution in [0.5, 0.6) is 0 Å². The highest BCUT2D eigenvalue weighted by atomic mass is 15.1. The Morgan fingerprint density at radius 1 is 0.900 bits per heavy atom. The first-order chi connectivity index (χ1) is 9.73. The van der Waals surface area contributed by atoms with E-state index in [0.717, 1.165) is 0 Å². The number of nitrogens with one attached hydrogen (secondary N) is 1. The van der Waals surface area contributed by atoms with Crippen LogP contribution in [0, 0.1) is 0 Å². The smallest absolute Gasteiger partial charge is 0.0524 e. The van der Waals surface area contributed by atoms with Gasteiger partial charge >= 0.3 is 0 Å². The van der Waals surface area contributed by atoms with Crippen molar-refractivity contribution < 1.29 is 0 Å². The standard InChI is InChI=1S/C18H34N2/c1-4-6-8-10-12-14-18(3,13-11-9-7-5-2)17-15-19-20-16-17/h15-16H,4-14H2,1-3H3,(H,19,20). The van der Waals surface area contributed by atoms with E-state index in [1.807, 2.05) is 6.20 Å². The lowest BCUT2D eigenvalue weighted by atomic mass is 9.75. The maximum absolute atomic E-state index is 4.17. The third kappa shape index (κ3) is 6.11. The summed E-state index contributed by atoms with van der Waals surface area (Å²) in [5, 5.41) is 7.16. The molecule has 116 valence electrons. The maximum atomic E-state index is 4.17. The van der Waals surface area contributed by atoms with Crippen molar-refractivity contribution in [1.29, 1.82) is 0 Å². The highest BCUT2D eigenvalue weighted by molar-refractivity contribution is 5.17. The van der Waals surface area contributed by atoms with E-state index in [4.69, 9.17) is 0 Å². The van der Waals surface area contributed by atoms with Gasteiger partial charge in [0.25, 0.3) is 0 Å². The van der Waals surface area contributed by atoms with Crippen molar-refractivity contribution in [3.8, 4) is 0 Å². The molecule has 0 saturated heterocycles. The molecule has 0 aliphatic rings. The third-order valence-electron chi connectivity index (χ3n) is 4.61. The summed E-state index contributed by atoms with van der Waals surface area (Å²) in [5.74, 6) is 0. The second-order valence-corrected chi connectivity index (χ2v) is 6.52. The molecule has 2 heteroatoms. The molecule has 1 heterocycles. The molecule has 0 saturated carbocycles. The number of hydrogen-bond donors (Lipinski definition) is 1. The first-order valence-corrected chi connectivity index (χ1v) is 8.72. The van der Waals surface area contributed by atoms with Crippen LogP contribution in [-0.4, -0.2) is 10.2 Å². The summed E-state index contributed by atoms with van der Waals surface area (Å²) in [7, 11) is 0. The summed E-state index contributed by atoms with van der Waals surface area (Å²) in [5.41, 5.74) is 1.73. The molecule has 0 aliphatic carbocycles. The zero-order chi connectivity index (χ0) is 14.7. The molecule has 0 fully saturated rings. The normalized spacial score (nSPS) is 14.3. The molecule has 1 aromatic heterocycles. The number of aromatic amines is 1. The fourth-order valence-corrected chi connectivity index (χ4v) is 3.06. The zero-order valence-electron chi connectivity index (χ0n) is 13.9. The van der Waals surface area contributed by atoms with Crippen LogP contribution in [0.2, 0.25) is 0 Å². The number of hydrogen-bond acceptors (Lipinski definition) is 1. The van der Waals surface area contributed by atoms with Gasteiger partial charge in [-0.15, -0.1) is 0 Å². The minimum absolute atomic E-state index is 0.326. The van der Waals surface area contributed by atoms with Crippen LogP contribution in [-0.2, 0) is 5.41 Å². The Hall–Kier alpha value is -0.790. The van der Waals surface area contributed by atoms with E-state index in [1.165, 1.54) is 76.2 Å². The molecular weight excluding hydrogens is 244 g/mol. The molecule has 0 spiro atoms. The van der Waals surface area contributed by atoms with E-state index in [9.17, 15) is 0 Å². The van der Waals surface area contributed by atoms with Gasteiger partial charge in [-0.1, -0.05) is 78.6 Å². The Labute approximate surface area is 125 Å². The highest BCUT2D eigenvalue weighted by Gasteiger charge is 2.26. The van der Waals surface area contributed by atoms with Crippen LogP contribution in [0.25, 0.3) is 0 Å². The van der Waals surface area contributed by atoms with Gasteiger partial charge in [0, 0.05) is 6.20 Å². The van der Waals surface area contributed by atoms with E-state index < -0.39 is 0 Å². The average Bonchev–Trinajstić information content (AvgIpc) is 2.98. The molecule has 0 amide bonds. The fourth-order valence-electron chi connectivity index (χ4n) is 3.06. The Balaban J connectivity index is 2.43. The molecule has 0 radical (unpaired) electrons. The van der Waals surface area contributed by atoms with Gasteiger partial charge in [-0.25, -0.2) is 0 Å². The van der Waals surface area contributed by atoms with E-state index in [1.54, 1.807) is 0 Å². The summed E-state index contributed by atoms with van der Waals surface area (Å²) in [6.07, 6.45) is 19.0. The summed E-state index contributed by atoms with van der Waals surface area (Å²) in [4.78, 5) is 0. The number of rotatable bonds is 12. The van der Waals surface area contributed by atoms with Crippen LogP contribution in [0.15, 0.2) is 12.4 Å². The lowest BCUT2D eigenvalue weighted by Crippen LogP contribution is -2.21. The van der Waals surface area contributed by atoms with Gasteiger partial charge in [0.05, 0.1) is 6.20 Å². The predicted molar refractivity (Wildman–Crippen MR) is 88.1 cm³/mol. The van der Waals surface area contributed by atoms with Gasteiger partial charge in [-0.3, -0.25) is 5.10 Å². The Kier molecular flexibility index (Phi) is 8.64. The van der Waals surface area contributed by atoms with Crippen molar-refractivity contribution in [3.05, 3.63) is 18.0 Å². The number of aromatic nitrogens is 2. The largest absolute Gasteiger partial charge is 0.285 e. The van der Waals surface area contributed by atoms with Crippen LogP contribution < -0.4 is 0 Å². The average molecular weight is 278 g/mol. The Bertz CT molecular complexity index is 318.